The lowest BCUT2D eigenvalue weighted by molar-refractivity contribution is 0.174. The number of hydrogen-bond acceptors (Lipinski definition) is 3. The molecule has 2 heterocycles. The van der Waals surface area contributed by atoms with Gasteiger partial charge in [-0.15, -0.1) is 0 Å². The molecule has 3 N–H and O–H groups in total. The van der Waals surface area contributed by atoms with Gasteiger partial charge in [-0.2, -0.15) is 0 Å². The Bertz CT molecular complexity index is 614. The van der Waals surface area contributed by atoms with Gasteiger partial charge in [0.1, 0.15) is 0 Å². The van der Waals surface area contributed by atoms with Crippen molar-refractivity contribution in [3.05, 3.63) is 23.4 Å². The van der Waals surface area contributed by atoms with E-state index in [1.54, 1.807) is 0 Å². The molecule has 0 saturated heterocycles. The molecule has 1 aromatic heterocycles. The van der Waals surface area contributed by atoms with Gasteiger partial charge in [0.25, 0.3) is 0 Å². The zero-order chi connectivity index (χ0) is 12.9. The molecule has 4 heteroatoms. The molecule has 1 aliphatic heterocycles. The Morgan fingerprint density at radius 3 is 2.61 bits per heavy atom. The molecular formula is C14H18N2O2. The fraction of sp³-hybridized carbons (Fsp3) is 0.429. The van der Waals surface area contributed by atoms with Gasteiger partial charge >= 0.3 is 0 Å². The molecule has 0 saturated carbocycles. The lowest BCUT2D eigenvalue weighted by Crippen LogP contribution is -2.28. The molecule has 2 aromatic rings. The lowest BCUT2D eigenvalue weighted by atomic mass is 9.83. The quantitative estimate of drug-likeness (QED) is 0.855. The number of aromatic amines is 1. The third-order valence-electron chi connectivity index (χ3n) is 3.67. The molecule has 0 aliphatic carbocycles. The highest BCUT2D eigenvalue weighted by molar-refractivity contribution is 5.89. The Morgan fingerprint density at radius 2 is 1.94 bits per heavy atom. The number of rotatable bonds is 2. The summed E-state index contributed by atoms with van der Waals surface area (Å²) in [6.07, 6.45) is 0. The Balaban J connectivity index is 2.29. The molecule has 0 fully saturated rings. The predicted molar refractivity (Wildman–Crippen MR) is 71.2 cm³/mol. The van der Waals surface area contributed by atoms with Crippen LogP contribution in [0.5, 0.6) is 11.5 Å². The van der Waals surface area contributed by atoms with Crippen LogP contribution in [0.3, 0.4) is 0 Å². The molecular weight excluding hydrogens is 228 g/mol. The molecule has 0 radical (unpaired) electrons. The van der Waals surface area contributed by atoms with E-state index in [1.165, 1.54) is 10.9 Å². The molecule has 0 atom stereocenters. The number of aromatic nitrogens is 1. The summed E-state index contributed by atoms with van der Waals surface area (Å²) >= 11 is 0. The highest BCUT2D eigenvalue weighted by Gasteiger charge is 2.26. The maximum Gasteiger partial charge on any atom is 0.231 e. The summed E-state index contributed by atoms with van der Waals surface area (Å²) < 4.78 is 10.9. The first-order valence-electron chi connectivity index (χ1n) is 6.15. The molecule has 96 valence electrons. The molecule has 4 nitrogen and oxygen atoms in total. The number of H-pyrrole nitrogens is 1. The van der Waals surface area contributed by atoms with Crippen molar-refractivity contribution in [2.24, 2.45) is 5.73 Å². The zero-order valence-corrected chi connectivity index (χ0v) is 11.0. The summed E-state index contributed by atoms with van der Waals surface area (Å²) in [6, 6.07) is 4.05. The number of benzene rings is 1. The monoisotopic (exact) mass is 246 g/mol. The zero-order valence-electron chi connectivity index (χ0n) is 11.0. The molecule has 0 amide bonds. The van der Waals surface area contributed by atoms with Gasteiger partial charge in [0, 0.05) is 34.6 Å². The minimum absolute atomic E-state index is 0.0595. The second-order valence-electron chi connectivity index (χ2n) is 5.46. The first-order chi connectivity index (χ1) is 8.53. The van der Waals surface area contributed by atoms with E-state index in [9.17, 15) is 0 Å². The average molecular weight is 246 g/mol. The number of aryl methyl sites for hydroxylation is 1. The van der Waals surface area contributed by atoms with Gasteiger partial charge in [-0.1, -0.05) is 13.8 Å². The van der Waals surface area contributed by atoms with E-state index in [-0.39, 0.29) is 5.41 Å². The summed E-state index contributed by atoms with van der Waals surface area (Å²) in [6.45, 7) is 7.31. The van der Waals surface area contributed by atoms with Gasteiger partial charge in [0.15, 0.2) is 11.5 Å². The fourth-order valence-electron chi connectivity index (χ4n) is 2.69. The van der Waals surface area contributed by atoms with Crippen molar-refractivity contribution in [3.8, 4) is 11.5 Å². The first kappa shape index (κ1) is 11.4. The SMILES string of the molecule is Cc1[nH]c2cc3c(cc2c1C(C)(C)CN)OCO3. The second kappa shape index (κ2) is 3.65. The third kappa shape index (κ3) is 1.49. The predicted octanol–water partition coefficient (Wildman–Crippen LogP) is 2.44. The van der Waals surface area contributed by atoms with Gasteiger partial charge in [-0.3, -0.25) is 0 Å². The van der Waals surface area contributed by atoms with Gasteiger partial charge < -0.3 is 20.2 Å². The summed E-state index contributed by atoms with van der Waals surface area (Å²) in [5, 5.41) is 1.17. The minimum Gasteiger partial charge on any atom is -0.454 e. The van der Waals surface area contributed by atoms with Crippen molar-refractivity contribution in [2.45, 2.75) is 26.2 Å². The van der Waals surface area contributed by atoms with E-state index in [1.807, 2.05) is 12.1 Å². The van der Waals surface area contributed by atoms with Crippen LogP contribution in [0.2, 0.25) is 0 Å². The number of hydrogen-bond donors (Lipinski definition) is 2. The summed E-state index contributed by atoms with van der Waals surface area (Å²) in [7, 11) is 0. The third-order valence-corrected chi connectivity index (χ3v) is 3.67. The fourth-order valence-corrected chi connectivity index (χ4v) is 2.69. The number of nitrogens with one attached hydrogen (secondary N) is 1. The first-order valence-corrected chi connectivity index (χ1v) is 6.15. The Kier molecular flexibility index (Phi) is 2.32. The van der Waals surface area contributed by atoms with Gasteiger partial charge in [-0.25, -0.2) is 0 Å². The van der Waals surface area contributed by atoms with E-state index < -0.39 is 0 Å². The Morgan fingerprint density at radius 1 is 1.28 bits per heavy atom. The molecule has 1 aliphatic rings. The van der Waals surface area contributed by atoms with Crippen LogP contribution < -0.4 is 15.2 Å². The van der Waals surface area contributed by atoms with Crippen molar-refractivity contribution in [1.82, 2.24) is 4.98 Å². The van der Waals surface area contributed by atoms with Crippen molar-refractivity contribution < 1.29 is 9.47 Å². The van der Waals surface area contributed by atoms with Gasteiger partial charge in [0.05, 0.1) is 0 Å². The smallest absolute Gasteiger partial charge is 0.231 e. The van der Waals surface area contributed by atoms with E-state index in [2.05, 4.69) is 25.8 Å². The molecule has 0 unspecified atom stereocenters. The molecule has 0 spiro atoms. The largest absolute Gasteiger partial charge is 0.454 e. The number of ether oxygens (including phenoxy) is 2. The minimum atomic E-state index is -0.0595. The summed E-state index contributed by atoms with van der Waals surface area (Å²) in [4.78, 5) is 3.41. The van der Waals surface area contributed by atoms with Crippen LogP contribution in [0.4, 0.5) is 0 Å². The maximum atomic E-state index is 5.90. The Hall–Kier alpha value is -1.68. The molecule has 1 aromatic carbocycles. The topological polar surface area (TPSA) is 60.3 Å². The van der Waals surface area contributed by atoms with Crippen LogP contribution in [0.1, 0.15) is 25.1 Å². The average Bonchev–Trinajstić information content (AvgIpc) is 2.88. The number of nitrogens with two attached hydrogens (primary N) is 1. The van der Waals surface area contributed by atoms with Crippen molar-refractivity contribution in [2.75, 3.05) is 13.3 Å². The highest BCUT2D eigenvalue weighted by atomic mass is 16.7. The van der Waals surface area contributed by atoms with Crippen molar-refractivity contribution in [1.29, 1.82) is 0 Å². The highest BCUT2D eigenvalue weighted by Crippen LogP contribution is 2.40. The van der Waals surface area contributed by atoms with Gasteiger partial charge in [-0.05, 0) is 18.6 Å². The van der Waals surface area contributed by atoms with Gasteiger partial charge in [0.2, 0.25) is 6.79 Å². The van der Waals surface area contributed by atoms with Crippen LogP contribution in [0.15, 0.2) is 12.1 Å². The van der Waals surface area contributed by atoms with Crippen LogP contribution in [-0.4, -0.2) is 18.3 Å². The summed E-state index contributed by atoms with van der Waals surface area (Å²) in [5.74, 6) is 1.62. The van der Waals surface area contributed by atoms with E-state index in [0.717, 1.165) is 22.7 Å². The normalized spacial score (nSPS) is 14.4. The Labute approximate surface area is 106 Å². The molecule has 0 bridgehead atoms. The second-order valence-corrected chi connectivity index (χ2v) is 5.46. The maximum absolute atomic E-state index is 5.90. The standard InChI is InChI=1S/C14H18N2O2/c1-8-13(14(2,3)6-15)9-4-11-12(18-7-17-11)5-10(9)16-8/h4-5,16H,6-7,15H2,1-3H3. The van der Waals surface area contributed by atoms with E-state index in [0.29, 0.717) is 13.3 Å². The lowest BCUT2D eigenvalue weighted by Gasteiger charge is -2.23. The van der Waals surface area contributed by atoms with E-state index >= 15 is 0 Å². The van der Waals surface area contributed by atoms with Crippen LogP contribution in [0, 0.1) is 6.92 Å². The van der Waals surface area contributed by atoms with Crippen molar-refractivity contribution >= 4 is 10.9 Å². The van der Waals surface area contributed by atoms with Crippen LogP contribution >= 0.6 is 0 Å². The van der Waals surface area contributed by atoms with Crippen LogP contribution in [-0.2, 0) is 5.41 Å². The van der Waals surface area contributed by atoms with E-state index in [4.69, 9.17) is 15.2 Å². The molecule has 18 heavy (non-hydrogen) atoms. The van der Waals surface area contributed by atoms with Crippen molar-refractivity contribution in [3.63, 3.8) is 0 Å². The summed E-state index contributed by atoms with van der Waals surface area (Å²) in [5.41, 5.74) is 9.34. The molecule has 3 rings (SSSR count). The van der Waals surface area contributed by atoms with Crippen LogP contribution in [0.25, 0.3) is 10.9 Å². The number of fused-ring (bicyclic) bond motifs is 2.